The van der Waals surface area contributed by atoms with Crippen molar-refractivity contribution in [2.75, 3.05) is 0 Å². The van der Waals surface area contributed by atoms with E-state index in [1.54, 1.807) is 11.3 Å². The Hall–Kier alpha value is -1.20. The lowest BCUT2D eigenvalue weighted by atomic mass is 10.00. The lowest BCUT2D eigenvalue weighted by Crippen LogP contribution is -2.38. The Bertz CT molecular complexity index is 507. The van der Waals surface area contributed by atoms with E-state index in [9.17, 15) is 0 Å². The number of hydrogen-bond acceptors (Lipinski definition) is 5. The minimum absolute atomic E-state index is 0.124. The van der Waals surface area contributed by atoms with Gasteiger partial charge in [0.05, 0.1) is 18.3 Å². The van der Waals surface area contributed by atoms with Crippen LogP contribution in [-0.4, -0.2) is 9.97 Å². The van der Waals surface area contributed by atoms with Gasteiger partial charge < -0.3 is 4.42 Å². The number of hydrogen-bond donors (Lipinski definition) is 1. The van der Waals surface area contributed by atoms with Crippen LogP contribution >= 0.6 is 11.3 Å². The summed E-state index contributed by atoms with van der Waals surface area (Å²) >= 11 is 1.68. The van der Waals surface area contributed by atoms with Gasteiger partial charge in [-0.15, -0.1) is 11.3 Å². The summed E-state index contributed by atoms with van der Waals surface area (Å²) in [5, 5.41) is 6.62. The molecule has 0 bridgehead atoms. The molecule has 0 saturated carbocycles. The van der Waals surface area contributed by atoms with E-state index in [1.807, 2.05) is 17.8 Å². The predicted octanol–water partition coefficient (Wildman–Crippen LogP) is 3.67. The van der Waals surface area contributed by atoms with Gasteiger partial charge in [0.1, 0.15) is 10.8 Å². The molecule has 0 aromatic carbocycles. The van der Waals surface area contributed by atoms with Gasteiger partial charge in [0.2, 0.25) is 5.89 Å². The molecular weight excluding hydrogens is 258 g/mol. The van der Waals surface area contributed by atoms with Crippen molar-refractivity contribution < 1.29 is 4.42 Å². The number of nitrogens with one attached hydrogen (secondary N) is 1. The Balaban J connectivity index is 2.03. The van der Waals surface area contributed by atoms with E-state index >= 15 is 0 Å². The molecule has 2 aromatic heterocycles. The Morgan fingerprint density at radius 3 is 2.74 bits per heavy atom. The number of oxazole rings is 1. The van der Waals surface area contributed by atoms with E-state index in [1.165, 1.54) is 0 Å². The molecule has 104 valence electrons. The largest absolute Gasteiger partial charge is 0.444 e. The summed E-state index contributed by atoms with van der Waals surface area (Å²) in [7, 11) is 0. The fourth-order valence-electron chi connectivity index (χ4n) is 1.79. The second-order valence-electron chi connectivity index (χ2n) is 5.19. The first-order valence-corrected chi connectivity index (χ1v) is 7.52. The highest BCUT2D eigenvalue weighted by molar-refractivity contribution is 7.09. The zero-order valence-corrected chi connectivity index (χ0v) is 12.8. The highest BCUT2D eigenvalue weighted by Gasteiger charge is 2.27. The van der Waals surface area contributed by atoms with Crippen molar-refractivity contribution >= 4 is 11.3 Å². The minimum Gasteiger partial charge on any atom is -0.444 e. The molecule has 1 N–H and O–H groups in total. The Labute approximate surface area is 118 Å². The molecule has 2 rings (SSSR count). The summed E-state index contributed by atoms with van der Waals surface area (Å²) in [6.45, 7) is 9.14. The highest BCUT2D eigenvalue weighted by atomic mass is 32.1. The highest BCUT2D eigenvalue weighted by Crippen LogP contribution is 2.26. The van der Waals surface area contributed by atoms with Crippen molar-refractivity contribution in [3.05, 3.63) is 34.4 Å². The topological polar surface area (TPSA) is 51.0 Å². The van der Waals surface area contributed by atoms with Crippen molar-refractivity contribution in [1.29, 1.82) is 0 Å². The third-order valence-electron chi connectivity index (χ3n) is 3.38. The maximum atomic E-state index is 5.71. The maximum absolute atomic E-state index is 5.71. The fourth-order valence-corrected chi connectivity index (χ4v) is 2.64. The number of nitrogens with zero attached hydrogens (tertiary/aromatic N) is 2. The maximum Gasteiger partial charge on any atom is 0.208 e. The molecule has 1 unspecified atom stereocenters. The van der Waals surface area contributed by atoms with Crippen LogP contribution in [0.1, 0.15) is 56.7 Å². The van der Waals surface area contributed by atoms with Crippen molar-refractivity contribution in [3.63, 3.8) is 0 Å². The molecule has 0 spiro atoms. The van der Waals surface area contributed by atoms with Crippen molar-refractivity contribution in [2.45, 2.75) is 52.1 Å². The lowest BCUT2D eigenvalue weighted by molar-refractivity contribution is 0.320. The van der Waals surface area contributed by atoms with E-state index in [2.05, 4.69) is 43.0 Å². The average molecular weight is 279 g/mol. The van der Waals surface area contributed by atoms with Gasteiger partial charge in [-0.3, -0.25) is 5.32 Å². The summed E-state index contributed by atoms with van der Waals surface area (Å²) < 4.78 is 5.71. The molecule has 5 heteroatoms. The van der Waals surface area contributed by atoms with Gasteiger partial charge in [-0.2, -0.15) is 0 Å². The van der Waals surface area contributed by atoms with Crippen LogP contribution < -0.4 is 5.32 Å². The summed E-state index contributed by atoms with van der Waals surface area (Å²) in [5.41, 5.74) is -0.124. The Morgan fingerprint density at radius 2 is 2.21 bits per heavy atom. The molecular formula is C14H21N3OS. The third-order valence-corrected chi connectivity index (χ3v) is 4.42. The summed E-state index contributed by atoms with van der Waals surface area (Å²) in [4.78, 5) is 8.72. The fraction of sp³-hybridized carbons (Fsp3) is 0.571. The van der Waals surface area contributed by atoms with E-state index in [0.29, 0.717) is 12.5 Å². The molecule has 0 amide bonds. The monoisotopic (exact) mass is 279 g/mol. The van der Waals surface area contributed by atoms with Crippen LogP contribution in [0.25, 0.3) is 0 Å². The number of thiazole rings is 1. The standard InChI is InChI=1S/C14H21N3OS/c1-5-14(4,13-15-6-7-19-13)17-9-12-16-8-11(18-12)10(2)3/h6-8,10,17H,5,9H2,1-4H3. The molecule has 0 saturated heterocycles. The van der Waals surface area contributed by atoms with Crippen molar-refractivity contribution in [3.8, 4) is 0 Å². The van der Waals surface area contributed by atoms with E-state index in [-0.39, 0.29) is 5.54 Å². The number of rotatable bonds is 6. The van der Waals surface area contributed by atoms with Gasteiger partial charge in [-0.05, 0) is 13.3 Å². The third kappa shape index (κ3) is 3.22. The molecule has 0 aliphatic carbocycles. The second kappa shape index (κ2) is 5.84. The average Bonchev–Trinajstić information content (AvgIpc) is 3.06. The van der Waals surface area contributed by atoms with Gasteiger partial charge in [0.25, 0.3) is 0 Å². The molecule has 0 aliphatic heterocycles. The lowest BCUT2D eigenvalue weighted by Gasteiger charge is -2.26. The molecule has 0 aliphatic rings. The normalized spacial score (nSPS) is 14.8. The summed E-state index contributed by atoms with van der Waals surface area (Å²) in [5.74, 6) is 2.04. The van der Waals surface area contributed by atoms with Gasteiger partial charge in [-0.1, -0.05) is 20.8 Å². The van der Waals surface area contributed by atoms with Gasteiger partial charge in [0, 0.05) is 17.5 Å². The molecule has 19 heavy (non-hydrogen) atoms. The minimum atomic E-state index is -0.124. The summed E-state index contributed by atoms with van der Waals surface area (Å²) in [6.07, 6.45) is 4.63. The molecule has 0 fully saturated rings. The van der Waals surface area contributed by atoms with Gasteiger partial charge in [-0.25, -0.2) is 9.97 Å². The first-order chi connectivity index (χ1) is 9.05. The van der Waals surface area contributed by atoms with E-state index < -0.39 is 0 Å². The molecule has 2 heterocycles. The Morgan fingerprint density at radius 1 is 1.42 bits per heavy atom. The van der Waals surface area contributed by atoms with Crippen LogP contribution in [0.3, 0.4) is 0 Å². The van der Waals surface area contributed by atoms with Crippen molar-refractivity contribution in [2.24, 2.45) is 0 Å². The van der Waals surface area contributed by atoms with Crippen LogP contribution in [0.4, 0.5) is 0 Å². The zero-order chi connectivity index (χ0) is 13.9. The van der Waals surface area contributed by atoms with Crippen LogP contribution in [-0.2, 0) is 12.1 Å². The first-order valence-electron chi connectivity index (χ1n) is 6.64. The molecule has 0 radical (unpaired) electrons. The number of aromatic nitrogens is 2. The van der Waals surface area contributed by atoms with Crippen LogP contribution in [0.5, 0.6) is 0 Å². The molecule has 4 nitrogen and oxygen atoms in total. The van der Waals surface area contributed by atoms with Crippen LogP contribution in [0.2, 0.25) is 0 Å². The van der Waals surface area contributed by atoms with Gasteiger partial charge >= 0.3 is 0 Å². The van der Waals surface area contributed by atoms with E-state index in [0.717, 1.165) is 23.1 Å². The SMILES string of the molecule is CCC(C)(NCc1ncc(C(C)C)o1)c1nccs1. The first kappa shape index (κ1) is 14.2. The van der Waals surface area contributed by atoms with Crippen LogP contribution in [0.15, 0.2) is 22.2 Å². The van der Waals surface area contributed by atoms with Crippen molar-refractivity contribution in [1.82, 2.24) is 15.3 Å². The molecule has 2 aromatic rings. The van der Waals surface area contributed by atoms with Gasteiger partial charge in [0.15, 0.2) is 0 Å². The molecule has 1 atom stereocenters. The smallest absolute Gasteiger partial charge is 0.208 e. The quantitative estimate of drug-likeness (QED) is 0.876. The van der Waals surface area contributed by atoms with Crippen LogP contribution in [0, 0.1) is 0 Å². The summed E-state index contributed by atoms with van der Waals surface area (Å²) in [6, 6.07) is 0. The second-order valence-corrected chi connectivity index (χ2v) is 6.08. The predicted molar refractivity (Wildman–Crippen MR) is 77.2 cm³/mol. The Kier molecular flexibility index (Phi) is 4.37. The van der Waals surface area contributed by atoms with E-state index in [4.69, 9.17) is 4.42 Å². The zero-order valence-electron chi connectivity index (χ0n) is 11.9.